The maximum absolute atomic E-state index is 12.4. The Hall–Kier alpha value is -1.52. The fourth-order valence-electron chi connectivity index (χ4n) is 9.26. The lowest BCUT2D eigenvalue weighted by molar-refractivity contribution is -0.147. The van der Waals surface area contributed by atoms with Crippen molar-refractivity contribution in [3.05, 3.63) is 0 Å². The van der Waals surface area contributed by atoms with E-state index in [2.05, 4.69) is 19.2 Å². The zero-order valence-electron chi connectivity index (χ0n) is 45.9. The van der Waals surface area contributed by atoms with Crippen molar-refractivity contribution < 1.29 is 47.8 Å². The van der Waals surface area contributed by atoms with Gasteiger partial charge in [-0.3, -0.25) is 18.6 Å². The van der Waals surface area contributed by atoms with Crippen LogP contribution in [0.1, 0.15) is 322 Å². The van der Waals surface area contributed by atoms with E-state index >= 15 is 0 Å². The number of carbonyl (C=O) groups excluding carboxylic acids is 2. The maximum atomic E-state index is 12.4. The molecule has 0 saturated carbocycles. The molecule has 0 aliphatic rings. The molecule has 0 heterocycles. The Bertz CT molecular complexity index is 1190. The predicted molar refractivity (Wildman–Crippen MR) is 291 cm³/mol. The summed E-state index contributed by atoms with van der Waals surface area (Å²) in [6.07, 6.45) is 58.6. The van der Waals surface area contributed by atoms with Gasteiger partial charge in [-0.15, -0.1) is 0 Å². The van der Waals surface area contributed by atoms with Crippen molar-refractivity contribution in [2.45, 2.75) is 334 Å². The molecule has 0 bridgehead atoms. The first-order valence-corrected chi connectivity index (χ1v) is 31.6. The number of unbranched alkanes of at least 4 members (excludes halogenated alkanes) is 44. The van der Waals surface area contributed by atoms with E-state index in [9.17, 15) is 34.1 Å². The largest absolute Gasteiger partial charge is 0.480 e. The van der Waals surface area contributed by atoms with E-state index in [1.165, 1.54) is 244 Å². The number of aliphatic hydroxyl groups is 1. The number of hydrogen-bond acceptors (Lipinski definition) is 8. The van der Waals surface area contributed by atoms with Gasteiger partial charge in [0.25, 0.3) is 0 Å². The first-order valence-electron chi connectivity index (χ1n) is 30.1. The molecule has 0 saturated heterocycles. The van der Waals surface area contributed by atoms with Crippen molar-refractivity contribution in [2.24, 2.45) is 0 Å². The standard InChI is InChI=1S/C58H114NO10P/c1-3-5-7-9-11-13-15-17-19-21-23-25-27-28-30-32-34-36-38-40-42-44-46-48-50-57(62)67-51-54(60)52-68-70(65,66)69-53-55(58(63)64)59-56(61)49-47-45-43-41-39-37-35-33-31-29-26-24-22-20-18-16-14-12-10-8-6-4-2/h54-55,60H,3-53H2,1-2H3,(H,59,61)(H,63,64)(H,65,66). The average molecular weight is 1020 g/mol. The third kappa shape index (κ3) is 52.8. The lowest BCUT2D eigenvalue weighted by Crippen LogP contribution is -2.43. The lowest BCUT2D eigenvalue weighted by Gasteiger charge is -2.18. The number of carboxylic acids is 1. The van der Waals surface area contributed by atoms with Gasteiger partial charge in [-0.2, -0.15) is 0 Å². The number of aliphatic carboxylic acids is 1. The Labute approximate surface area is 431 Å². The fraction of sp³-hybridized carbons (Fsp3) is 0.948. The van der Waals surface area contributed by atoms with Crippen LogP contribution in [0.25, 0.3) is 0 Å². The minimum atomic E-state index is -4.76. The highest BCUT2D eigenvalue weighted by molar-refractivity contribution is 7.47. The quantitative estimate of drug-likeness (QED) is 0.0261. The smallest absolute Gasteiger partial charge is 0.472 e. The molecule has 0 fully saturated rings. The van der Waals surface area contributed by atoms with E-state index in [1.807, 2.05) is 0 Å². The average Bonchev–Trinajstić information content (AvgIpc) is 3.34. The normalized spacial score (nSPS) is 13.3. The van der Waals surface area contributed by atoms with Crippen LogP contribution < -0.4 is 5.32 Å². The molecule has 0 aromatic rings. The van der Waals surface area contributed by atoms with Gasteiger partial charge in [0.1, 0.15) is 12.7 Å². The summed E-state index contributed by atoms with van der Waals surface area (Å²) >= 11 is 0. The number of phosphoric acid groups is 1. The van der Waals surface area contributed by atoms with Crippen LogP contribution in [0.4, 0.5) is 0 Å². The Balaban J connectivity index is 3.70. The highest BCUT2D eigenvalue weighted by Crippen LogP contribution is 2.43. The van der Waals surface area contributed by atoms with E-state index in [1.54, 1.807) is 0 Å². The van der Waals surface area contributed by atoms with Crippen LogP contribution in [-0.4, -0.2) is 64.9 Å². The van der Waals surface area contributed by atoms with Gasteiger partial charge in [0.2, 0.25) is 5.91 Å². The number of phosphoric ester groups is 1. The summed E-state index contributed by atoms with van der Waals surface area (Å²) in [5.41, 5.74) is 0. The molecule has 0 aliphatic carbocycles. The summed E-state index contributed by atoms with van der Waals surface area (Å²) in [6.45, 7) is 2.69. The maximum Gasteiger partial charge on any atom is 0.472 e. The van der Waals surface area contributed by atoms with Crippen LogP contribution in [0, 0.1) is 0 Å². The number of carbonyl (C=O) groups is 3. The number of esters is 1. The molecule has 0 aliphatic heterocycles. The fourth-order valence-corrected chi connectivity index (χ4v) is 10.0. The molecular formula is C58H114NO10P. The Morgan fingerprint density at radius 1 is 0.400 bits per heavy atom. The zero-order chi connectivity index (χ0) is 51.3. The van der Waals surface area contributed by atoms with E-state index in [4.69, 9.17) is 13.8 Å². The number of amides is 1. The van der Waals surface area contributed by atoms with Crippen LogP contribution in [0.15, 0.2) is 0 Å². The molecule has 12 heteroatoms. The van der Waals surface area contributed by atoms with Gasteiger partial charge in [0.05, 0.1) is 13.2 Å². The van der Waals surface area contributed by atoms with Gasteiger partial charge < -0.3 is 25.2 Å². The molecule has 70 heavy (non-hydrogen) atoms. The van der Waals surface area contributed by atoms with Gasteiger partial charge in [-0.05, 0) is 12.8 Å². The van der Waals surface area contributed by atoms with Crippen LogP contribution in [0.2, 0.25) is 0 Å². The summed E-state index contributed by atoms with van der Waals surface area (Å²) < 4.78 is 27.1. The van der Waals surface area contributed by atoms with Crippen LogP contribution >= 0.6 is 7.82 Å². The molecule has 3 unspecified atom stereocenters. The Morgan fingerprint density at radius 2 is 0.657 bits per heavy atom. The highest BCUT2D eigenvalue weighted by Gasteiger charge is 2.28. The second kappa shape index (κ2) is 53.8. The topological polar surface area (TPSA) is 169 Å². The van der Waals surface area contributed by atoms with Crippen molar-refractivity contribution in [2.75, 3.05) is 19.8 Å². The number of rotatable bonds is 58. The molecule has 1 amide bonds. The van der Waals surface area contributed by atoms with Crippen LogP contribution in [0.5, 0.6) is 0 Å². The van der Waals surface area contributed by atoms with Gasteiger partial charge in [0.15, 0.2) is 6.04 Å². The number of nitrogens with one attached hydrogen (secondary N) is 1. The summed E-state index contributed by atoms with van der Waals surface area (Å²) in [7, 11) is -4.76. The highest BCUT2D eigenvalue weighted by atomic mass is 31.2. The SMILES string of the molecule is CCCCCCCCCCCCCCCCCCCCCCCCCCC(=O)OCC(O)COP(=O)(O)OCC(NC(=O)CCCCCCCCCCCCCCCCCCCCCCCC)C(=O)O. The molecular weight excluding hydrogens is 902 g/mol. The van der Waals surface area contributed by atoms with Crippen molar-refractivity contribution in [1.82, 2.24) is 5.32 Å². The van der Waals surface area contributed by atoms with Gasteiger partial charge >= 0.3 is 19.8 Å². The van der Waals surface area contributed by atoms with E-state index in [0.717, 1.165) is 38.5 Å². The van der Waals surface area contributed by atoms with Crippen molar-refractivity contribution in [1.29, 1.82) is 0 Å². The van der Waals surface area contributed by atoms with Crippen molar-refractivity contribution in [3.63, 3.8) is 0 Å². The first kappa shape index (κ1) is 68.5. The second-order valence-electron chi connectivity index (χ2n) is 20.9. The molecule has 0 aromatic heterocycles. The van der Waals surface area contributed by atoms with Crippen molar-refractivity contribution in [3.8, 4) is 0 Å². The number of aliphatic hydroxyl groups excluding tert-OH is 1. The third-order valence-electron chi connectivity index (χ3n) is 13.9. The molecule has 416 valence electrons. The van der Waals surface area contributed by atoms with E-state index < -0.39 is 57.6 Å². The molecule has 0 radical (unpaired) electrons. The third-order valence-corrected chi connectivity index (χ3v) is 14.8. The summed E-state index contributed by atoms with van der Waals surface area (Å²) in [6, 6.07) is -1.54. The molecule has 0 rings (SSSR count). The number of hydrogen-bond donors (Lipinski definition) is 4. The summed E-state index contributed by atoms with van der Waals surface area (Å²) in [4.78, 5) is 46.3. The molecule has 3 atom stereocenters. The predicted octanol–water partition coefficient (Wildman–Crippen LogP) is 17.4. The van der Waals surface area contributed by atoms with Gasteiger partial charge in [0, 0.05) is 12.8 Å². The zero-order valence-corrected chi connectivity index (χ0v) is 46.8. The molecule has 0 aromatic carbocycles. The van der Waals surface area contributed by atoms with Gasteiger partial charge in [-0.1, -0.05) is 296 Å². The second-order valence-corrected chi connectivity index (χ2v) is 22.4. The number of ether oxygens (including phenoxy) is 1. The molecule has 11 nitrogen and oxygen atoms in total. The van der Waals surface area contributed by atoms with E-state index in [0.29, 0.717) is 12.8 Å². The molecule has 0 spiro atoms. The summed E-state index contributed by atoms with van der Waals surface area (Å²) in [5, 5.41) is 22.0. The minimum absolute atomic E-state index is 0.154. The minimum Gasteiger partial charge on any atom is -0.480 e. The number of carboxylic acid groups (broad SMARTS) is 1. The lowest BCUT2D eigenvalue weighted by atomic mass is 10.0. The van der Waals surface area contributed by atoms with E-state index in [-0.39, 0.29) is 12.8 Å². The monoisotopic (exact) mass is 1020 g/mol. The van der Waals surface area contributed by atoms with Crippen LogP contribution in [0.3, 0.4) is 0 Å². The Morgan fingerprint density at radius 3 is 0.943 bits per heavy atom. The van der Waals surface area contributed by atoms with Crippen molar-refractivity contribution >= 4 is 25.7 Å². The summed E-state index contributed by atoms with van der Waals surface area (Å²) in [5.74, 6) is -2.34. The first-order chi connectivity index (χ1) is 34.1. The van der Waals surface area contributed by atoms with Crippen LogP contribution in [-0.2, 0) is 32.7 Å². The molecule has 4 N–H and O–H groups in total. The van der Waals surface area contributed by atoms with Gasteiger partial charge in [-0.25, -0.2) is 9.36 Å². The Kier molecular flexibility index (Phi) is 52.6.